The molecular weight excluding hydrogens is 308 g/mol. The number of carbonyl (C=O) groups excluding carboxylic acids is 1. The monoisotopic (exact) mass is 338 g/mol. The fourth-order valence-electron chi connectivity index (χ4n) is 1.48. The van der Waals surface area contributed by atoms with Crippen LogP contribution in [0.2, 0.25) is 0 Å². The molecule has 4 nitrogen and oxygen atoms in total. The summed E-state index contributed by atoms with van der Waals surface area (Å²) in [6.45, 7) is 12.1. The number of hydrogen-bond donors (Lipinski definition) is 1. The number of benzene rings is 1. The highest BCUT2D eigenvalue weighted by atomic mass is 32.1. The summed E-state index contributed by atoms with van der Waals surface area (Å²) in [6.07, 6.45) is 1.60. The Morgan fingerprint density at radius 2 is 1.87 bits per heavy atom. The Bertz CT molecular complexity index is 528. The van der Waals surface area contributed by atoms with Crippen molar-refractivity contribution in [3.05, 3.63) is 29.3 Å². The molecule has 0 bridgehead atoms. The molecule has 0 fully saturated rings. The Balaban J connectivity index is 0.000000515. The number of hydrogen-bond acceptors (Lipinski definition) is 4. The molecule has 1 heterocycles. The van der Waals surface area contributed by atoms with E-state index in [0.29, 0.717) is 0 Å². The van der Waals surface area contributed by atoms with Gasteiger partial charge in [0.25, 0.3) is 0 Å². The molecule has 1 N–H and O–H groups in total. The summed E-state index contributed by atoms with van der Waals surface area (Å²) in [4.78, 5) is 14.9. The summed E-state index contributed by atoms with van der Waals surface area (Å²) in [6, 6.07) is 8.05. The molecule has 130 valence electrons. The molecule has 0 saturated heterocycles. The second-order valence-electron chi connectivity index (χ2n) is 5.58. The lowest BCUT2D eigenvalue weighted by Crippen LogP contribution is -2.18. The standard InChI is InChI=1S/C11H12N2OS.C5H12O.C2H6/c1-2-8(12-7-14)11-13-9-5-3-4-6-10(9)15-11;1-5(2,3)6-4;1-2/h3-8H,2H2,1H3,(H,12,14);1-4H3;1-2H3. The van der Waals surface area contributed by atoms with Crippen molar-refractivity contribution in [1.29, 1.82) is 0 Å². The van der Waals surface area contributed by atoms with Gasteiger partial charge in [0.1, 0.15) is 5.01 Å². The van der Waals surface area contributed by atoms with E-state index in [-0.39, 0.29) is 11.6 Å². The summed E-state index contributed by atoms with van der Waals surface area (Å²) in [7, 11) is 1.71. The third-order valence-corrected chi connectivity index (χ3v) is 4.05. The van der Waals surface area contributed by atoms with Crippen molar-refractivity contribution in [3.8, 4) is 0 Å². The van der Waals surface area contributed by atoms with Crippen LogP contribution in [-0.4, -0.2) is 24.1 Å². The number of fused-ring (bicyclic) bond motifs is 1. The maximum Gasteiger partial charge on any atom is 0.207 e. The number of amides is 1. The van der Waals surface area contributed by atoms with Crippen molar-refractivity contribution in [2.24, 2.45) is 0 Å². The Morgan fingerprint density at radius 3 is 2.30 bits per heavy atom. The minimum absolute atomic E-state index is 0.0416. The lowest BCUT2D eigenvalue weighted by Gasteiger charge is -2.14. The van der Waals surface area contributed by atoms with Crippen molar-refractivity contribution in [2.75, 3.05) is 7.11 Å². The van der Waals surface area contributed by atoms with Crippen LogP contribution in [-0.2, 0) is 9.53 Å². The van der Waals surface area contributed by atoms with E-state index in [9.17, 15) is 4.79 Å². The predicted molar refractivity (Wildman–Crippen MR) is 100.0 cm³/mol. The van der Waals surface area contributed by atoms with Gasteiger partial charge < -0.3 is 10.1 Å². The number of aromatic nitrogens is 1. The number of nitrogens with zero attached hydrogens (tertiary/aromatic N) is 1. The molecule has 1 amide bonds. The highest BCUT2D eigenvalue weighted by Crippen LogP contribution is 2.27. The van der Waals surface area contributed by atoms with Gasteiger partial charge in [-0.05, 0) is 39.3 Å². The van der Waals surface area contributed by atoms with Gasteiger partial charge in [0.05, 0.1) is 21.9 Å². The molecule has 1 atom stereocenters. The number of ether oxygens (including phenoxy) is 1. The molecule has 1 unspecified atom stereocenters. The molecule has 2 rings (SSSR count). The molecule has 0 radical (unpaired) electrons. The summed E-state index contributed by atoms with van der Waals surface area (Å²) in [5, 5.41) is 3.75. The van der Waals surface area contributed by atoms with E-state index in [1.807, 2.05) is 65.8 Å². The molecule has 0 aliphatic heterocycles. The van der Waals surface area contributed by atoms with Crippen LogP contribution in [0.5, 0.6) is 0 Å². The van der Waals surface area contributed by atoms with E-state index < -0.39 is 0 Å². The highest BCUT2D eigenvalue weighted by molar-refractivity contribution is 7.18. The van der Waals surface area contributed by atoms with Crippen LogP contribution in [0.3, 0.4) is 0 Å². The Labute approximate surface area is 144 Å². The van der Waals surface area contributed by atoms with E-state index in [2.05, 4.69) is 10.3 Å². The van der Waals surface area contributed by atoms with Crippen molar-refractivity contribution >= 4 is 28.0 Å². The molecule has 5 heteroatoms. The molecule has 0 aliphatic carbocycles. The van der Waals surface area contributed by atoms with E-state index in [0.717, 1.165) is 23.4 Å². The maximum absolute atomic E-state index is 10.4. The Kier molecular flexibility index (Phi) is 10.4. The number of methoxy groups -OCH3 is 1. The summed E-state index contributed by atoms with van der Waals surface area (Å²) in [5.41, 5.74) is 1.05. The number of rotatable bonds is 4. The summed E-state index contributed by atoms with van der Waals surface area (Å²) < 4.78 is 6.10. The molecule has 1 aromatic carbocycles. The first kappa shape index (κ1) is 21.5. The largest absolute Gasteiger partial charge is 0.379 e. The SMILES string of the molecule is CC.CCC(NC=O)c1nc2ccccc2s1.COC(C)(C)C. The van der Waals surface area contributed by atoms with E-state index in [1.165, 1.54) is 4.70 Å². The number of carbonyl (C=O) groups is 1. The zero-order chi connectivity index (χ0) is 17.9. The second kappa shape index (κ2) is 11.1. The first-order chi connectivity index (χ1) is 10.9. The first-order valence-corrected chi connectivity index (χ1v) is 8.83. The Morgan fingerprint density at radius 1 is 1.30 bits per heavy atom. The predicted octanol–water partition coefficient (Wildman–Crippen LogP) is 4.95. The van der Waals surface area contributed by atoms with Crippen LogP contribution in [0.1, 0.15) is 59.0 Å². The van der Waals surface area contributed by atoms with Gasteiger partial charge >= 0.3 is 0 Å². The average Bonchev–Trinajstić information content (AvgIpc) is 2.98. The van der Waals surface area contributed by atoms with Crippen LogP contribution in [0, 0.1) is 0 Å². The van der Waals surface area contributed by atoms with Crippen molar-refractivity contribution in [1.82, 2.24) is 10.3 Å². The number of nitrogens with one attached hydrogen (secondary N) is 1. The van der Waals surface area contributed by atoms with Crippen molar-refractivity contribution in [3.63, 3.8) is 0 Å². The molecule has 2 aromatic rings. The summed E-state index contributed by atoms with van der Waals surface area (Å²) >= 11 is 1.64. The molecule has 23 heavy (non-hydrogen) atoms. The zero-order valence-corrected chi connectivity index (χ0v) is 16.2. The Hall–Kier alpha value is -1.46. The quantitative estimate of drug-likeness (QED) is 0.802. The fourth-order valence-corrected chi connectivity index (χ4v) is 2.60. The van der Waals surface area contributed by atoms with Crippen LogP contribution in [0.4, 0.5) is 0 Å². The molecule has 0 saturated carbocycles. The number of thiazole rings is 1. The van der Waals surface area contributed by atoms with E-state index in [4.69, 9.17) is 4.74 Å². The molecule has 0 spiro atoms. The van der Waals surface area contributed by atoms with Gasteiger partial charge in [-0.2, -0.15) is 0 Å². The van der Waals surface area contributed by atoms with E-state index in [1.54, 1.807) is 18.4 Å². The van der Waals surface area contributed by atoms with Crippen molar-refractivity contribution in [2.45, 2.75) is 59.6 Å². The minimum Gasteiger partial charge on any atom is -0.379 e. The van der Waals surface area contributed by atoms with Gasteiger partial charge in [-0.1, -0.05) is 32.9 Å². The lowest BCUT2D eigenvalue weighted by molar-refractivity contribution is -0.110. The highest BCUT2D eigenvalue weighted by Gasteiger charge is 2.12. The van der Waals surface area contributed by atoms with Gasteiger partial charge in [-0.25, -0.2) is 4.98 Å². The van der Waals surface area contributed by atoms with Crippen LogP contribution in [0.15, 0.2) is 24.3 Å². The third-order valence-electron chi connectivity index (χ3n) is 2.90. The molecule has 1 aromatic heterocycles. The van der Waals surface area contributed by atoms with Crippen molar-refractivity contribution < 1.29 is 9.53 Å². The van der Waals surface area contributed by atoms with Crippen LogP contribution in [0.25, 0.3) is 10.2 Å². The maximum atomic E-state index is 10.4. The van der Waals surface area contributed by atoms with Gasteiger partial charge in [0.2, 0.25) is 6.41 Å². The second-order valence-corrected chi connectivity index (χ2v) is 6.64. The van der Waals surface area contributed by atoms with Gasteiger partial charge in [-0.3, -0.25) is 4.79 Å². The van der Waals surface area contributed by atoms with Crippen LogP contribution >= 0.6 is 11.3 Å². The lowest BCUT2D eigenvalue weighted by atomic mass is 10.2. The molecule has 0 aliphatic rings. The average molecular weight is 339 g/mol. The zero-order valence-electron chi connectivity index (χ0n) is 15.3. The van der Waals surface area contributed by atoms with E-state index >= 15 is 0 Å². The first-order valence-electron chi connectivity index (χ1n) is 8.01. The normalized spacial score (nSPS) is 11.6. The topological polar surface area (TPSA) is 51.2 Å². The van der Waals surface area contributed by atoms with Gasteiger partial charge in [-0.15, -0.1) is 11.3 Å². The van der Waals surface area contributed by atoms with Gasteiger partial charge in [0.15, 0.2) is 0 Å². The fraction of sp³-hybridized carbons (Fsp3) is 0.556. The smallest absolute Gasteiger partial charge is 0.207 e. The third kappa shape index (κ3) is 8.09. The van der Waals surface area contributed by atoms with Gasteiger partial charge in [0, 0.05) is 7.11 Å². The minimum atomic E-state index is 0.0416. The number of para-hydroxylation sites is 1. The van der Waals surface area contributed by atoms with Crippen LogP contribution < -0.4 is 5.32 Å². The molecular formula is C18H30N2O2S. The summed E-state index contributed by atoms with van der Waals surface area (Å²) in [5.74, 6) is 0.